The van der Waals surface area contributed by atoms with Crippen LogP contribution in [0, 0.1) is 0 Å². The smallest absolute Gasteiger partial charge is 0.328 e. The maximum Gasteiger partial charge on any atom is 0.328 e. The number of carbonyl (C=O) groups excluding carboxylic acids is 2. The lowest BCUT2D eigenvalue weighted by Crippen LogP contribution is -2.46. The highest BCUT2D eigenvalue weighted by atomic mass is 79.9. The predicted octanol–water partition coefficient (Wildman–Crippen LogP) is 2.21. The fourth-order valence-electron chi connectivity index (χ4n) is 2.70. The molecular weight excluding hydrogens is 392 g/mol. The molecule has 0 heterocycles. The van der Waals surface area contributed by atoms with Gasteiger partial charge in [-0.2, -0.15) is 0 Å². The Morgan fingerprint density at radius 3 is 2.04 bits per heavy atom. The van der Waals surface area contributed by atoms with E-state index in [2.05, 4.69) is 15.9 Å². The highest BCUT2D eigenvalue weighted by Crippen LogP contribution is 2.35. The van der Waals surface area contributed by atoms with Gasteiger partial charge in [-0.1, -0.05) is 34.1 Å². The minimum Gasteiger partial charge on any atom is -0.465 e. The molecule has 0 aliphatic heterocycles. The van der Waals surface area contributed by atoms with Crippen LogP contribution in [0.1, 0.15) is 43.4 Å². The van der Waals surface area contributed by atoms with Gasteiger partial charge < -0.3 is 19.7 Å². The summed E-state index contributed by atoms with van der Waals surface area (Å²) in [6.07, 6.45) is 0.757. The molecule has 0 fully saturated rings. The van der Waals surface area contributed by atoms with Gasteiger partial charge in [0.2, 0.25) is 0 Å². The van der Waals surface area contributed by atoms with Crippen molar-refractivity contribution in [3.05, 3.63) is 34.9 Å². The van der Waals surface area contributed by atoms with Crippen molar-refractivity contribution in [2.75, 3.05) is 18.5 Å². The second-order valence-electron chi connectivity index (χ2n) is 5.44. The Labute approximate surface area is 156 Å². The summed E-state index contributed by atoms with van der Waals surface area (Å²) in [5.41, 5.74) is -0.214. The Kier molecular flexibility index (Phi) is 9.10. The van der Waals surface area contributed by atoms with Gasteiger partial charge in [-0.15, -0.1) is 0 Å². The van der Waals surface area contributed by atoms with Crippen molar-refractivity contribution in [1.29, 1.82) is 0 Å². The Morgan fingerprint density at radius 1 is 1.04 bits per heavy atom. The summed E-state index contributed by atoms with van der Waals surface area (Å²) in [6, 6.07) is 4.77. The molecule has 1 aromatic rings. The van der Waals surface area contributed by atoms with Gasteiger partial charge in [0.1, 0.15) is 0 Å². The van der Waals surface area contributed by atoms with Crippen molar-refractivity contribution in [1.82, 2.24) is 0 Å². The molecule has 0 aromatic heterocycles. The van der Waals surface area contributed by atoms with Gasteiger partial charge in [0.15, 0.2) is 5.41 Å². The third kappa shape index (κ3) is 4.80. The molecule has 0 radical (unpaired) electrons. The van der Waals surface area contributed by atoms with E-state index >= 15 is 0 Å². The first kappa shape index (κ1) is 21.6. The van der Waals surface area contributed by atoms with Crippen LogP contribution >= 0.6 is 15.9 Å². The average molecular weight is 417 g/mol. The molecule has 0 saturated carbocycles. The zero-order valence-corrected chi connectivity index (χ0v) is 16.2. The molecule has 1 rings (SSSR count). The minimum atomic E-state index is -1.60. The number of aliphatic hydroxyl groups excluding tert-OH is 2. The number of alkyl halides is 1. The van der Waals surface area contributed by atoms with Crippen LogP contribution in [0.4, 0.5) is 0 Å². The molecule has 0 aliphatic rings. The SMILES string of the molecule is CCOC(=O)C(CCCBr)(C(=O)OCC)c1ccc(CO)c(CO)c1. The largest absolute Gasteiger partial charge is 0.465 e. The molecular formula is C18H25BrO6. The summed E-state index contributed by atoms with van der Waals surface area (Å²) in [5, 5.41) is 19.5. The molecule has 7 heteroatoms. The molecule has 140 valence electrons. The molecule has 1 aromatic carbocycles. The quantitative estimate of drug-likeness (QED) is 0.345. The number of aliphatic hydroxyl groups is 2. The Balaban J connectivity index is 3.55. The fraction of sp³-hybridized carbons (Fsp3) is 0.556. The van der Waals surface area contributed by atoms with Gasteiger partial charge in [0.25, 0.3) is 0 Å². The first-order chi connectivity index (χ1) is 12.0. The van der Waals surface area contributed by atoms with Gasteiger partial charge in [0.05, 0.1) is 26.4 Å². The van der Waals surface area contributed by atoms with Crippen LogP contribution in [0.15, 0.2) is 18.2 Å². The Morgan fingerprint density at radius 2 is 1.60 bits per heavy atom. The molecule has 0 amide bonds. The van der Waals surface area contributed by atoms with Gasteiger partial charge >= 0.3 is 11.9 Å². The summed E-state index contributed by atoms with van der Waals surface area (Å²) < 4.78 is 10.4. The van der Waals surface area contributed by atoms with E-state index in [4.69, 9.17) is 9.47 Å². The molecule has 0 aliphatic carbocycles. The lowest BCUT2D eigenvalue weighted by Gasteiger charge is -2.30. The summed E-state index contributed by atoms with van der Waals surface area (Å²) in [5.74, 6) is -1.34. The fourth-order valence-corrected chi connectivity index (χ4v) is 2.98. The predicted molar refractivity (Wildman–Crippen MR) is 96.3 cm³/mol. The van der Waals surface area contributed by atoms with Gasteiger partial charge in [-0.25, -0.2) is 0 Å². The molecule has 0 atom stereocenters. The third-order valence-electron chi connectivity index (χ3n) is 3.97. The molecule has 0 bridgehead atoms. The minimum absolute atomic E-state index is 0.135. The van der Waals surface area contributed by atoms with Crippen molar-refractivity contribution in [3.63, 3.8) is 0 Å². The second kappa shape index (κ2) is 10.5. The Bertz CT molecular complexity index is 569. The first-order valence-electron chi connectivity index (χ1n) is 8.26. The number of esters is 2. The van der Waals surface area contributed by atoms with Crippen molar-refractivity contribution < 1.29 is 29.3 Å². The topological polar surface area (TPSA) is 93.1 Å². The van der Waals surface area contributed by atoms with Gasteiger partial charge in [-0.05, 0) is 43.4 Å². The zero-order chi connectivity index (χ0) is 18.9. The van der Waals surface area contributed by atoms with E-state index < -0.39 is 17.4 Å². The summed E-state index contributed by atoms with van der Waals surface area (Å²) >= 11 is 3.32. The summed E-state index contributed by atoms with van der Waals surface area (Å²) in [6.45, 7) is 3.05. The van der Waals surface area contributed by atoms with Gasteiger partial charge in [-0.3, -0.25) is 9.59 Å². The van der Waals surface area contributed by atoms with Crippen LogP contribution in [-0.2, 0) is 37.7 Å². The second-order valence-corrected chi connectivity index (χ2v) is 6.23. The number of ether oxygens (including phenoxy) is 2. The van der Waals surface area contributed by atoms with E-state index in [0.29, 0.717) is 28.4 Å². The molecule has 0 saturated heterocycles. The monoisotopic (exact) mass is 416 g/mol. The maximum atomic E-state index is 12.8. The number of rotatable bonds is 10. The standard InChI is InChI=1S/C18H25BrO6/c1-3-24-16(22)18(8-5-9-19,17(23)25-4-2)15-7-6-13(11-20)14(10-15)12-21/h6-7,10,20-21H,3-5,8-9,11-12H2,1-2H3. The molecule has 0 spiro atoms. The zero-order valence-electron chi connectivity index (χ0n) is 14.6. The van der Waals surface area contributed by atoms with Crippen molar-refractivity contribution >= 4 is 27.9 Å². The van der Waals surface area contributed by atoms with E-state index in [9.17, 15) is 19.8 Å². The third-order valence-corrected chi connectivity index (χ3v) is 4.53. The number of hydrogen-bond donors (Lipinski definition) is 2. The van der Waals surface area contributed by atoms with Gasteiger partial charge in [0, 0.05) is 5.33 Å². The summed E-state index contributed by atoms with van der Waals surface area (Å²) in [7, 11) is 0. The highest BCUT2D eigenvalue weighted by Gasteiger charge is 2.50. The van der Waals surface area contributed by atoms with Crippen LogP contribution in [0.25, 0.3) is 0 Å². The highest BCUT2D eigenvalue weighted by molar-refractivity contribution is 9.09. The number of benzene rings is 1. The lowest BCUT2D eigenvalue weighted by molar-refractivity contribution is -0.165. The van der Waals surface area contributed by atoms with Crippen LogP contribution in [0.2, 0.25) is 0 Å². The maximum absolute atomic E-state index is 12.8. The van der Waals surface area contributed by atoms with E-state index in [1.54, 1.807) is 32.0 Å². The van der Waals surface area contributed by atoms with E-state index in [1.165, 1.54) is 0 Å². The summed E-state index contributed by atoms with van der Waals surface area (Å²) in [4.78, 5) is 25.6. The van der Waals surface area contributed by atoms with Crippen LogP contribution < -0.4 is 0 Å². The normalized spacial score (nSPS) is 11.2. The Hall–Kier alpha value is -1.44. The number of carbonyl (C=O) groups is 2. The molecule has 0 unspecified atom stereocenters. The number of hydrogen-bond acceptors (Lipinski definition) is 6. The number of halogens is 1. The lowest BCUT2D eigenvalue weighted by atomic mass is 9.75. The van der Waals surface area contributed by atoms with E-state index in [1.807, 2.05) is 0 Å². The van der Waals surface area contributed by atoms with E-state index in [0.717, 1.165) is 0 Å². The van der Waals surface area contributed by atoms with E-state index in [-0.39, 0.29) is 32.8 Å². The van der Waals surface area contributed by atoms with Crippen LogP contribution in [0.3, 0.4) is 0 Å². The molecule has 25 heavy (non-hydrogen) atoms. The molecule has 6 nitrogen and oxygen atoms in total. The van der Waals surface area contributed by atoms with Crippen molar-refractivity contribution in [2.45, 2.75) is 45.3 Å². The molecule has 2 N–H and O–H groups in total. The van der Waals surface area contributed by atoms with Crippen molar-refractivity contribution in [2.24, 2.45) is 0 Å². The average Bonchev–Trinajstić information content (AvgIpc) is 2.62. The van der Waals surface area contributed by atoms with Crippen LogP contribution in [0.5, 0.6) is 0 Å². The van der Waals surface area contributed by atoms with Crippen LogP contribution in [-0.4, -0.2) is 40.7 Å². The first-order valence-corrected chi connectivity index (χ1v) is 9.38. The van der Waals surface area contributed by atoms with Crippen molar-refractivity contribution in [3.8, 4) is 0 Å².